The number of carbonyl (C=O) groups excluding carboxylic acids is 1. The van der Waals surface area contributed by atoms with E-state index in [4.69, 9.17) is 23.2 Å². The van der Waals surface area contributed by atoms with Crippen LogP contribution >= 0.6 is 23.2 Å². The van der Waals surface area contributed by atoms with Crippen LogP contribution in [-0.2, 0) is 11.2 Å². The van der Waals surface area contributed by atoms with Gasteiger partial charge in [-0.25, -0.2) is 0 Å². The highest BCUT2D eigenvalue weighted by atomic mass is 35.5. The van der Waals surface area contributed by atoms with Gasteiger partial charge in [0.15, 0.2) is 0 Å². The Morgan fingerprint density at radius 2 is 2.05 bits per heavy atom. The van der Waals surface area contributed by atoms with E-state index in [1.165, 1.54) is 0 Å². The third kappa shape index (κ3) is 3.66. The Hall–Kier alpha value is -0.770. The number of aliphatic hydroxyl groups excluding tert-OH is 1. The fraction of sp³-hybridized carbons (Fsp3) is 0.533. The first kappa shape index (κ1) is 15.6. The highest BCUT2D eigenvalue weighted by Gasteiger charge is 2.29. The standard InChI is InChI=1S/C15H19Cl2NO2/c1-18(13-4-2-3-5-14(13)19)15(20)8-10-6-7-11(16)9-12(10)17/h6-7,9,13-14,19H,2-5,8H2,1H3. The van der Waals surface area contributed by atoms with Crippen LogP contribution in [0.1, 0.15) is 31.2 Å². The van der Waals surface area contributed by atoms with Crippen molar-refractivity contribution in [1.29, 1.82) is 0 Å². The summed E-state index contributed by atoms with van der Waals surface area (Å²) in [5.41, 5.74) is 0.762. The normalized spacial score (nSPS) is 22.6. The van der Waals surface area contributed by atoms with E-state index in [-0.39, 0.29) is 18.4 Å². The number of aliphatic hydroxyl groups is 1. The molecule has 1 N–H and O–H groups in total. The van der Waals surface area contributed by atoms with Crippen LogP contribution in [0.25, 0.3) is 0 Å². The van der Waals surface area contributed by atoms with Gasteiger partial charge in [-0.2, -0.15) is 0 Å². The summed E-state index contributed by atoms with van der Waals surface area (Å²) in [5.74, 6) is -0.0276. The molecule has 1 aromatic carbocycles. The molecule has 1 aliphatic carbocycles. The number of likely N-dealkylation sites (N-methyl/N-ethyl adjacent to an activating group) is 1. The largest absolute Gasteiger partial charge is 0.391 e. The van der Waals surface area contributed by atoms with Crippen molar-refractivity contribution in [2.24, 2.45) is 0 Å². The molecule has 2 atom stereocenters. The third-order valence-corrected chi connectivity index (χ3v) is 4.53. The first-order valence-corrected chi connectivity index (χ1v) is 7.62. The van der Waals surface area contributed by atoms with E-state index in [1.807, 2.05) is 0 Å². The number of carbonyl (C=O) groups is 1. The van der Waals surface area contributed by atoms with Gasteiger partial charge in [-0.05, 0) is 30.5 Å². The lowest BCUT2D eigenvalue weighted by Crippen LogP contribution is -2.46. The van der Waals surface area contributed by atoms with E-state index in [9.17, 15) is 9.90 Å². The second-order valence-corrected chi connectivity index (χ2v) is 6.18. The van der Waals surface area contributed by atoms with Gasteiger partial charge in [0.2, 0.25) is 5.91 Å². The molecule has 0 spiro atoms. The molecule has 110 valence electrons. The van der Waals surface area contributed by atoms with Crippen LogP contribution in [0, 0.1) is 0 Å². The second-order valence-electron chi connectivity index (χ2n) is 5.34. The Labute approximate surface area is 129 Å². The minimum Gasteiger partial charge on any atom is -0.391 e. The zero-order chi connectivity index (χ0) is 14.7. The van der Waals surface area contributed by atoms with Crippen molar-refractivity contribution in [2.45, 2.75) is 44.2 Å². The van der Waals surface area contributed by atoms with E-state index in [0.29, 0.717) is 10.0 Å². The van der Waals surface area contributed by atoms with Crippen LogP contribution in [0.3, 0.4) is 0 Å². The van der Waals surface area contributed by atoms with Crippen molar-refractivity contribution in [2.75, 3.05) is 7.05 Å². The molecule has 5 heteroatoms. The highest BCUT2D eigenvalue weighted by Crippen LogP contribution is 2.25. The molecule has 20 heavy (non-hydrogen) atoms. The Kier molecular flexibility index (Phi) is 5.30. The van der Waals surface area contributed by atoms with Crippen molar-refractivity contribution in [3.63, 3.8) is 0 Å². The average Bonchev–Trinajstić information content (AvgIpc) is 2.41. The third-order valence-electron chi connectivity index (χ3n) is 3.94. The van der Waals surface area contributed by atoms with E-state index < -0.39 is 6.10 Å². The van der Waals surface area contributed by atoms with Crippen LogP contribution in [-0.4, -0.2) is 35.1 Å². The summed E-state index contributed by atoms with van der Waals surface area (Å²) in [7, 11) is 1.76. The zero-order valence-corrected chi connectivity index (χ0v) is 13.0. The van der Waals surface area contributed by atoms with Crippen molar-refractivity contribution in [3.8, 4) is 0 Å². The van der Waals surface area contributed by atoms with Crippen molar-refractivity contribution in [1.82, 2.24) is 4.90 Å². The minimum atomic E-state index is -0.418. The number of benzene rings is 1. The van der Waals surface area contributed by atoms with Crippen LogP contribution in [0.5, 0.6) is 0 Å². The van der Waals surface area contributed by atoms with Crippen molar-refractivity contribution >= 4 is 29.1 Å². The number of hydrogen-bond acceptors (Lipinski definition) is 2. The number of amides is 1. The van der Waals surface area contributed by atoms with E-state index in [1.54, 1.807) is 30.1 Å². The van der Waals surface area contributed by atoms with Crippen molar-refractivity contribution < 1.29 is 9.90 Å². The van der Waals surface area contributed by atoms with Gasteiger partial charge in [0.25, 0.3) is 0 Å². The number of rotatable bonds is 3. The Balaban J connectivity index is 2.03. The molecule has 0 radical (unpaired) electrons. The maximum absolute atomic E-state index is 12.3. The SMILES string of the molecule is CN(C(=O)Cc1ccc(Cl)cc1Cl)C1CCCCC1O. The summed E-state index contributed by atoms with van der Waals surface area (Å²) in [6, 6.07) is 5.06. The molecular weight excluding hydrogens is 297 g/mol. The summed E-state index contributed by atoms with van der Waals surface area (Å²) in [4.78, 5) is 14.0. The number of hydrogen-bond donors (Lipinski definition) is 1. The van der Waals surface area contributed by atoms with Gasteiger partial charge in [-0.15, -0.1) is 0 Å². The van der Waals surface area contributed by atoms with Crippen LogP contribution in [0.15, 0.2) is 18.2 Å². The van der Waals surface area contributed by atoms with Crippen LogP contribution < -0.4 is 0 Å². The Bertz CT molecular complexity index is 493. The lowest BCUT2D eigenvalue weighted by atomic mass is 9.91. The topological polar surface area (TPSA) is 40.5 Å². The maximum atomic E-state index is 12.3. The van der Waals surface area contributed by atoms with Crippen LogP contribution in [0.2, 0.25) is 10.0 Å². The maximum Gasteiger partial charge on any atom is 0.227 e. The van der Waals surface area contributed by atoms with Gasteiger partial charge < -0.3 is 10.0 Å². The molecule has 1 saturated carbocycles. The molecule has 0 aromatic heterocycles. The number of nitrogens with zero attached hydrogens (tertiary/aromatic N) is 1. The summed E-state index contributed by atoms with van der Waals surface area (Å²) < 4.78 is 0. The monoisotopic (exact) mass is 315 g/mol. The van der Waals surface area contributed by atoms with Gasteiger partial charge in [0, 0.05) is 17.1 Å². The Morgan fingerprint density at radius 3 is 2.70 bits per heavy atom. The Morgan fingerprint density at radius 1 is 1.35 bits per heavy atom. The fourth-order valence-electron chi connectivity index (χ4n) is 2.68. The summed E-state index contributed by atoms with van der Waals surface area (Å²) in [5, 5.41) is 11.1. The van der Waals surface area contributed by atoms with Gasteiger partial charge in [0.1, 0.15) is 0 Å². The molecular formula is C15H19Cl2NO2. The summed E-state index contributed by atoms with van der Waals surface area (Å²) in [6.07, 6.45) is 3.53. The molecule has 2 rings (SSSR count). The zero-order valence-electron chi connectivity index (χ0n) is 11.5. The van der Waals surface area contributed by atoms with Gasteiger partial charge in [0.05, 0.1) is 18.6 Å². The predicted octanol–water partition coefficient (Wildman–Crippen LogP) is 3.30. The first-order valence-electron chi connectivity index (χ1n) is 6.86. The molecule has 3 nitrogen and oxygen atoms in total. The minimum absolute atomic E-state index is 0.0276. The van der Waals surface area contributed by atoms with E-state index in [2.05, 4.69) is 0 Å². The molecule has 0 bridgehead atoms. The van der Waals surface area contributed by atoms with E-state index in [0.717, 1.165) is 31.2 Å². The molecule has 1 amide bonds. The van der Waals surface area contributed by atoms with Crippen molar-refractivity contribution in [3.05, 3.63) is 33.8 Å². The molecule has 2 unspecified atom stereocenters. The smallest absolute Gasteiger partial charge is 0.227 e. The lowest BCUT2D eigenvalue weighted by Gasteiger charge is -2.35. The van der Waals surface area contributed by atoms with E-state index >= 15 is 0 Å². The molecule has 0 saturated heterocycles. The molecule has 0 heterocycles. The average molecular weight is 316 g/mol. The molecule has 1 aliphatic rings. The summed E-state index contributed by atoms with van der Waals surface area (Å²) in [6.45, 7) is 0. The molecule has 1 fully saturated rings. The van der Waals surface area contributed by atoms with Gasteiger partial charge >= 0.3 is 0 Å². The van der Waals surface area contributed by atoms with Crippen LogP contribution in [0.4, 0.5) is 0 Å². The number of halogens is 2. The fourth-order valence-corrected chi connectivity index (χ4v) is 3.16. The quantitative estimate of drug-likeness (QED) is 0.929. The highest BCUT2D eigenvalue weighted by molar-refractivity contribution is 6.35. The second kappa shape index (κ2) is 6.79. The van der Waals surface area contributed by atoms with Gasteiger partial charge in [-0.1, -0.05) is 42.1 Å². The first-order chi connectivity index (χ1) is 9.49. The lowest BCUT2D eigenvalue weighted by molar-refractivity contribution is -0.134. The molecule has 0 aliphatic heterocycles. The summed E-state index contributed by atoms with van der Waals surface area (Å²) >= 11 is 11.9. The van der Waals surface area contributed by atoms with Gasteiger partial charge in [-0.3, -0.25) is 4.79 Å². The molecule has 1 aromatic rings. The predicted molar refractivity (Wildman–Crippen MR) is 81.2 cm³/mol.